The summed E-state index contributed by atoms with van der Waals surface area (Å²) in [6.45, 7) is 9.36. The van der Waals surface area contributed by atoms with E-state index in [1.165, 1.54) is 0 Å². The normalized spacial score (nSPS) is 39.9. The number of carbonyl (C=O) groups is 2. The molecule has 4 atom stereocenters. The van der Waals surface area contributed by atoms with Crippen molar-refractivity contribution in [3.05, 3.63) is 12.2 Å². The number of esters is 2. The number of rotatable bonds is 3. The Bertz CT molecular complexity index is 457. The molecule has 2 rings (SSSR count). The Balaban J connectivity index is 2.29. The van der Waals surface area contributed by atoms with Gasteiger partial charge in [0.2, 0.25) is 0 Å². The molecule has 0 aromatic carbocycles. The molecular formula is C15H22O5. The summed E-state index contributed by atoms with van der Waals surface area (Å²) in [6.07, 6.45) is 1.04. The van der Waals surface area contributed by atoms with Crippen LogP contribution in [0.5, 0.6) is 0 Å². The summed E-state index contributed by atoms with van der Waals surface area (Å²) in [6, 6.07) is 0. The average Bonchev–Trinajstić information content (AvgIpc) is 2.70. The topological polar surface area (TPSA) is 61.8 Å². The first-order valence-electron chi connectivity index (χ1n) is 6.83. The Morgan fingerprint density at radius 2 is 2.00 bits per heavy atom. The lowest BCUT2D eigenvalue weighted by atomic mass is 9.65. The Morgan fingerprint density at radius 3 is 2.55 bits per heavy atom. The molecule has 0 aromatic heterocycles. The van der Waals surface area contributed by atoms with Gasteiger partial charge < -0.3 is 14.2 Å². The van der Waals surface area contributed by atoms with Gasteiger partial charge in [0.25, 0.3) is 0 Å². The average molecular weight is 282 g/mol. The molecule has 1 aliphatic heterocycles. The molecule has 112 valence electrons. The zero-order valence-electron chi connectivity index (χ0n) is 12.5. The molecule has 1 heterocycles. The summed E-state index contributed by atoms with van der Waals surface area (Å²) < 4.78 is 16.4. The number of methoxy groups -OCH3 is 1. The first-order valence-corrected chi connectivity index (χ1v) is 6.83. The smallest absolute Gasteiger partial charge is 0.333 e. The number of hydrogen-bond donors (Lipinski definition) is 0. The molecule has 0 bridgehead atoms. The monoisotopic (exact) mass is 282 g/mol. The van der Waals surface area contributed by atoms with Gasteiger partial charge in [-0.1, -0.05) is 6.58 Å². The molecule has 5 heteroatoms. The zero-order chi connectivity index (χ0) is 15.1. The van der Waals surface area contributed by atoms with Crippen LogP contribution in [0.2, 0.25) is 0 Å². The van der Waals surface area contributed by atoms with Gasteiger partial charge in [0, 0.05) is 25.0 Å². The molecule has 20 heavy (non-hydrogen) atoms. The highest BCUT2D eigenvalue weighted by atomic mass is 16.6. The maximum absolute atomic E-state index is 11.9. The summed E-state index contributed by atoms with van der Waals surface area (Å²) in [5.74, 6) is -0.753. The van der Waals surface area contributed by atoms with Gasteiger partial charge in [0.15, 0.2) is 0 Å². The van der Waals surface area contributed by atoms with Gasteiger partial charge in [-0.25, -0.2) is 4.79 Å². The minimum Gasteiger partial charge on any atom is -0.465 e. The van der Waals surface area contributed by atoms with Crippen molar-refractivity contribution >= 4 is 11.9 Å². The number of fused-ring (bicyclic) bond motifs is 1. The Labute approximate surface area is 119 Å². The van der Waals surface area contributed by atoms with Gasteiger partial charge in [-0.05, 0) is 27.2 Å². The van der Waals surface area contributed by atoms with Crippen molar-refractivity contribution in [1.29, 1.82) is 0 Å². The number of cyclic esters (lactones) is 1. The lowest BCUT2D eigenvalue weighted by molar-refractivity contribution is -0.214. The van der Waals surface area contributed by atoms with E-state index in [1.807, 2.05) is 13.8 Å². The van der Waals surface area contributed by atoms with E-state index in [9.17, 15) is 9.59 Å². The van der Waals surface area contributed by atoms with Gasteiger partial charge in [-0.2, -0.15) is 0 Å². The van der Waals surface area contributed by atoms with Crippen LogP contribution in [-0.2, 0) is 23.8 Å². The van der Waals surface area contributed by atoms with Crippen LogP contribution < -0.4 is 0 Å². The van der Waals surface area contributed by atoms with Gasteiger partial charge in [-0.15, -0.1) is 0 Å². The molecular weight excluding hydrogens is 260 g/mol. The summed E-state index contributed by atoms with van der Waals surface area (Å²) in [5, 5.41) is 0. The minimum absolute atomic E-state index is 0.129. The molecule has 0 aromatic rings. The van der Waals surface area contributed by atoms with Crippen molar-refractivity contribution in [2.24, 2.45) is 11.8 Å². The highest BCUT2D eigenvalue weighted by molar-refractivity contribution is 5.87. The van der Waals surface area contributed by atoms with Crippen molar-refractivity contribution < 1.29 is 23.8 Å². The molecule has 4 unspecified atom stereocenters. The minimum atomic E-state index is -0.873. The lowest BCUT2D eigenvalue weighted by Gasteiger charge is -2.50. The van der Waals surface area contributed by atoms with E-state index >= 15 is 0 Å². The predicted octanol–water partition coefficient (Wildman–Crippen LogP) is 1.85. The van der Waals surface area contributed by atoms with Crippen LogP contribution in [0.25, 0.3) is 0 Å². The van der Waals surface area contributed by atoms with E-state index in [1.54, 1.807) is 14.0 Å². The van der Waals surface area contributed by atoms with Crippen molar-refractivity contribution in [3.63, 3.8) is 0 Å². The number of carbonyl (C=O) groups excluding carboxylic acids is 2. The summed E-state index contributed by atoms with van der Waals surface area (Å²) in [4.78, 5) is 23.7. The van der Waals surface area contributed by atoms with Crippen LogP contribution in [0.3, 0.4) is 0 Å². The fourth-order valence-electron chi connectivity index (χ4n) is 3.15. The molecule has 0 amide bonds. The highest BCUT2D eigenvalue weighted by Crippen LogP contribution is 2.49. The van der Waals surface area contributed by atoms with E-state index < -0.39 is 17.2 Å². The standard InChI is InChI=1S/C15H22O5/c1-9(2)12(16)20-15(4)7-11-10(8-19-13(11)17)6-14(15,3)18-5/h10-11H,1,6-8H2,2-5H3. The third-order valence-corrected chi connectivity index (χ3v) is 4.81. The highest BCUT2D eigenvalue weighted by Gasteiger charge is 2.59. The first-order chi connectivity index (χ1) is 9.22. The van der Waals surface area contributed by atoms with Crippen LogP contribution in [0.15, 0.2) is 12.2 Å². The summed E-state index contributed by atoms with van der Waals surface area (Å²) in [5.41, 5.74) is -1.18. The van der Waals surface area contributed by atoms with Crippen molar-refractivity contribution in [3.8, 4) is 0 Å². The van der Waals surface area contributed by atoms with E-state index in [4.69, 9.17) is 14.2 Å². The Kier molecular flexibility index (Phi) is 3.67. The van der Waals surface area contributed by atoms with E-state index in [-0.39, 0.29) is 17.8 Å². The summed E-state index contributed by atoms with van der Waals surface area (Å²) >= 11 is 0. The third-order valence-electron chi connectivity index (χ3n) is 4.81. The number of hydrogen-bond acceptors (Lipinski definition) is 5. The van der Waals surface area contributed by atoms with E-state index in [0.29, 0.717) is 25.0 Å². The molecule has 1 saturated carbocycles. The Morgan fingerprint density at radius 1 is 1.35 bits per heavy atom. The van der Waals surface area contributed by atoms with Gasteiger partial charge in [-0.3, -0.25) is 4.79 Å². The van der Waals surface area contributed by atoms with Crippen molar-refractivity contribution in [2.75, 3.05) is 13.7 Å². The van der Waals surface area contributed by atoms with Gasteiger partial charge in [0.1, 0.15) is 11.2 Å². The molecule has 0 spiro atoms. The van der Waals surface area contributed by atoms with Gasteiger partial charge in [0.05, 0.1) is 12.5 Å². The van der Waals surface area contributed by atoms with Crippen molar-refractivity contribution in [1.82, 2.24) is 0 Å². The maximum Gasteiger partial charge on any atom is 0.333 e. The predicted molar refractivity (Wildman–Crippen MR) is 71.9 cm³/mol. The quantitative estimate of drug-likeness (QED) is 0.584. The second kappa shape index (κ2) is 4.88. The second-order valence-electron chi connectivity index (χ2n) is 6.24. The third kappa shape index (κ3) is 2.24. The van der Waals surface area contributed by atoms with Crippen LogP contribution in [0.1, 0.15) is 33.6 Å². The molecule has 1 aliphatic carbocycles. The lowest BCUT2D eigenvalue weighted by Crippen LogP contribution is -2.60. The molecule has 2 fully saturated rings. The largest absolute Gasteiger partial charge is 0.465 e. The van der Waals surface area contributed by atoms with E-state index in [0.717, 1.165) is 0 Å². The summed E-state index contributed by atoms with van der Waals surface area (Å²) in [7, 11) is 1.60. The molecule has 1 saturated heterocycles. The SMILES string of the molecule is C=C(C)C(=O)OC1(C)CC2C(=O)OCC2CC1(C)OC. The van der Waals surface area contributed by atoms with Crippen molar-refractivity contribution in [2.45, 2.75) is 44.8 Å². The fourth-order valence-corrected chi connectivity index (χ4v) is 3.15. The molecule has 0 radical (unpaired) electrons. The van der Waals surface area contributed by atoms with Gasteiger partial charge >= 0.3 is 11.9 Å². The molecule has 2 aliphatic rings. The van der Waals surface area contributed by atoms with Crippen LogP contribution in [0.4, 0.5) is 0 Å². The Hall–Kier alpha value is -1.36. The maximum atomic E-state index is 11.9. The second-order valence-corrected chi connectivity index (χ2v) is 6.24. The van der Waals surface area contributed by atoms with Crippen LogP contribution >= 0.6 is 0 Å². The first kappa shape index (κ1) is 15.0. The fraction of sp³-hybridized carbons (Fsp3) is 0.733. The van der Waals surface area contributed by atoms with Crippen LogP contribution in [0, 0.1) is 11.8 Å². The zero-order valence-corrected chi connectivity index (χ0v) is 12.5. The number of ether oxygens (including phenoxy) is 3. The molecule has 5 nitrogen and oxygen atoms in total. The van der Waals surface area contributed by atoms with E-state index in [2.05, 4.69) is 6.58 Å². The molecule has 0 N–H and O–H groups in total. The van der Waals surface area contributed by atoms with Crippen LogP contribution in [-0.4, -0.2) is 36.9 Å².